The Morgan fingerprint density at radius 3 is 2.96 bits per heavy atom. The van der Waals surface area contributed by atoms with E-state index in [4.69, 9.17) is 4.74 Å². The summed E-state index contributed by atoms with van der Waals surface area (Å²) in [5.41, 5.74) is 0.696. The zero-order valence-electron chi connectivity index (χ0n) is 15.5. The van der Waals surface area contributed by atoms with Crippen LogP contribution in [0, 0.1) is 6.92 Å². The molecule has 0 radical (unpaired) electrons. The Morgan fingerprint density at radius 2 is 2.21 bits per heavy atom. The third-order valence-electron chi connectivity index (χ3n) is 4.31. The zero-order valence-corrected chi connectivity index (χ0v) is 16.4. The maximum Gasteiger partial charge on any atom is 0.243 e. The number of piperidine rings is 1. The van der Waals surface area contributed by atoms with Crippen LogP contribution in [-0.4, -0.2) is 47.7 Å². The van der Waals surface area contributed by atoms with Gasteiger partial charge in [0, 0.05) is 31.4 Å². The van der Waals surface area contributed by atoms with Crippen LogP contribution in [0.25, 0.3) is 0 Å². The molecule has 1 amide bonds. The molecule has 1 aliphatic heterocycles. The molecule has 2 heterocycles. The minimum Gasteiger partial charge on any atom is -0.437 e. The highest BCUT2D eigenvalue weighted by molar-refractivity contribution is 7.89. The molecular formula is C19H22N4O4S. The van der Waals surface area contributed by atoms with E-state index in [0.717, 1.165) is 6.42 Å². The van der Waals surface area contributed by atoms with Gasteiger partial charge < -0.3 is 10.1 Å². The smallest absolute Gasteiger partial charge is 0.243 e. The largest absolute Gasteiger partial charge is 0.437 e. The van der Waals surface area contributed by atoms with Gasteiger partial charge in [0.15, 0.2) is 0 Å². The highest BCUT2D eigenvalue weighted by Crippen LogP contribution is 2.26. The molecule has 8 nitrogen and oxygen atoms in total. The number of nitrogens with zero attached hydrogens (tertiary/aromatic N) is 3. The number of carbonyl (C=O) groups excluding carboxylic acids is 1. The highest BCUT2D eigenvalue weighted by Gasteiger charge is 2.31. The SMILES string of the molecule is C=CC(=O)N[C@H]1CCCN(S(=O)(=O)c2cccc(Oc3cncc(C)n3)c2)C1. The summed E-state index contributed by atoms with van der Waals surface area (Å²) >= 11 is 0. The number of amides is 1. The van der Waals surface area contributed by atoms with Gasteiger partial charge in [0.1, 0.15) is 5.75 Å². The van der Waals surface area contributed by atoms with Gasteiger partial charge in [-0.2, -0.15) is 4.31 Å². The number of benzene rings is 1. The van der Waals surface area contributed by atoms with E-state index in [0.29, 0.717) is 30.3 Å². The van der Waals surface area contributed by atoms with Crippen LogP contribution in [0.3, 0.4) is 0 Å². The third kappa shape index (κ3) is 4.73. The number of hydrogen-bond donors (Lipinski definition) is 1. The minimum atomic E-state index is -3.72. The van der Waals surface area contributed by atoms with Crippen molar-refractivity contribution in [2.75, 3.05) is 13.1 Å². The molecule has 2 aromatic rings. The fraction of sp³-hybridized carbons (Fsp3) is 0.316. The van der Waals surface area contributed by atoms with Crippen LogP contribution < -0.4 is 10.1 Å². The first-order valence-corrected chi connectivity index (χ1v) is 10.3. The van der Waals surface area contributed by atoms with Crippen LogP contribution in [-0.2, 0) is 14.8 Å². The van der Waals surface area contributed by atoms with Crippen LogP contribution in [0.1, 0.15) is 18.5 Å². The molecule has 1 N–H and O–H groups in total. The lowest BCUT2D eigenvalue weighted by Gasteiger charge is -2.32. The molecule has 0 spiro atoms. The van der Waals surface area contributed by atoms with E-state index in [2.05, 4.69) is 21.9 Å². The van der Waals surface area contributed by atoms with E-state index >= 15 is 0 Å². The van der Waals surface area contributed by atoms with Crippen molar-refractivity contribution in [3.8, 4) is 11.6 Å². The predicted octanol–water partition coefficient (Wildman–Crippen LogP) is 2.03. The molecule has 0 unspecified atom stereocenters. The number of ether oxygens (including phenoxy) is 1. The fourth-order valence-electron chi connectivity index (χ4n) is 3.00. The van der Waals surface area contributed by atoms with Crippen LogP contribution in [0.2, 0.25) is 0 Å². The molecule has 0 saturated carbocycles. The first kappa shape index (κ1) is 20.0. The summed E-state index contributed by atoms with van der Waals surface area (Å²) < 4.78 is 33.1. The van der Waals surface area contributed by atoms with E-state index in [-0.39, 0.29) is 23.4 Å². The highest BCUT2D eigenvalue weighted by atomic mass is 32.2. The van der Waals surface area contributed by atoms with Crippen molar-refractivity contribution in [2.24, 2.45) is 0 Å². The Balaban J connectivity index is 1.78. The molecule has 1 aromatic carbocycles. The van der Waals surface area contributed by atoms with Crippen molar-refractivity contribution in [2.45, 2.75) is 30.7 Å². The molecule has 3 rings (SSSR count). The van der Waals surface area contributed by atoms with Crippen molar-refractivity contribution in [1.82, 2.24) is 19.6 Å². The molecule has 0 bridgehead atoms. The molecule has 1 saturated heterocycles. The number of aromatic nitrogens is 2. The van der Waals surface area contributed by atoms with Gasteiger partial charge in [0.05, 0.1) is 16.8 Å². The Labute approximate surface area is 164 Å². The minimum absolute atomic E-state index is 0.126. The third-order valence-corrected chi connectivity index (χ3v) is 6.18. The van der Waals surface area contributed by atoms with E-state index in [1.165, 1.54) is 28.7 Å². The summed E-state index contributed by atoms with van der Waals surface area (Å²) in [6.45, 7) is 5.83. The number of sulfonamides is 1. The second-order valence-electron chi connectivity index (χ2n) is 6.49. The van der Waals surface area contributed by atoms with E-state index < -0.39 is 10.0 Å². The van der Waals surface area contributed by atoms with E-state index in [1.807, 2.05) is 0 Å². The number of hydrogen-bond acceptors (Lipinski definition) is 6. The van der Waals surface area contributed by atoms with Crippen LogP contribution in [0.5, 0.6) is 11.6 Å². The number of rotatable bonds is 6. The van der Waals surface area contributed by atoms with Crippen molar-refractivity contribution >= 4 is 15.9 Å². The summed E-state index contributed by atoms with van der Waals surface area (Å²) in [5.74, 6) is 0.341. The Bertz CT molecular complexity index is 977. The normalized spacial score (nSPS) is 17.7. The van der Waals surface area contributed by atoms with Crippen LogP contribution >= 0.6 is 0 Å². The molecule has 9 heteroatoms. The van der Waals surface area contributed by atoms with Gasteiger partial charge in [0.25, 0.3) is 0 Å². The standard InChI is InChI=1S/C19H22N4O4S/c1-3-18(24)22-15-6-5-9-23(13-15)28(25,26)17-8-4-7-16(10-17)27-19-12-20-11-14(2)21-19/h3-4,7-8,10-12,15H,1,5-6,9,13H2,2H3,(H,22,24)/t15-/m0/s1. The van der Waals surface area contributed by atoms with Gasteiger partial charge in [-0.05, 0) is 38.0 Å². The summed E-state index contributed by atoms with van der Waals surface area (Å²) in [5, 5.41) is 2.77. The second-order valence-corrected chi connectivity index (χ2v) is 8.43. The molecule has 0 aliphatic carbocycles. The lowest BCUT2D eigenvalue weighted by atomic mass is 10.1. The number of aryl methyl sites for hydroxylation is 1. The molecular weight excluding hydrogens is 380 g/mol. The monoisotopic (exact) mass is 402 g/mol. The molecule has 1 fully saturated rings. The van der Waals surface area contributed by atoms with Crippen LogP contribution in [0.4, 0.5) is 0 Å². The van der Waals surface area contributed by atoms with E-state index in [9.17, 15) is 13.2 Å². The Morgan fingerprint density at radius 1 is 1.39 bits per heavy atom. The predicted molar refractivity (Wildman–Crippen MR) is 103 cm³/mol. The van der Waals surface area contributed by atoms with Gasteiger partial charge in [-0.25, -0.2) is 13.4 Å². The molecule has 1 atom stereocenters. The summed E-state index contributed by atoms with van der Waals surface area (Å²) in [4.78, 5) is 19.9. The van der Waals surface area contributed by atoms with Gasteiger partial charge >= 0.3 is 0 Å². The molecule has 1 aromatic heterocycles. The number of nitrogens with one attached hydrogen (secondary N) is 1. The molecule has 148 valence electrons. The first-order chi connectivity index (χ1) is 13.4. The second kappa shape index (κ2) is 8.49. The maximum absolute atomic E-state index is 13.1. The van der Waals surface area contributed by atoms with Crippen molar-refractivity contribution in [3.63, 3.8) is 0 Å². The summed E-state index contributed by atoms with van der Waals surface area (Å²) in [6.07, 6.45) is 5.64. The Hall–Kier alpha value is -2.78. The summed E-state index contributed by atoms with van der Waals surface area (Å²) in [6, 6.07) is 6.02. The quantitative estimate of drug-likeness (QED) is 0.742. The molecule has 28 heavy (non-hydrogen) atoms. The number of carbonyl (C=O) groups is 1. The van der Waals surface area contributed by atoms with Crippen molar-refractivity contribution in [1.29, 1.82) is 0 Å². The lowest BCUT2D eigenvalue weighted by molar-refractivity contribution is -0.117. The maximum atomic E-state index is 13.1. The van der Waals surface area contributed by atoms with E-state index in [1.54, 1.807) is 25.3 Å². The van der Waals surface area contributed by atoms with Gasteiger partial charge in [0.2, 0.25) is 21.8 Å². The van der Waals surface area contributed by atoms with Crippen molar-refractivity contribution < 1.29 is 17.9 Å². The average Bonchev–Trinajstić information content (AvgIpc) is 2.68. The fourth-order valence-corrected chi connectivity index (χ4v) is 4.56. The Kier molecular flexibility index (Phi) is 6.05. The van der Waals surface area contributed by atoms with Crippen LogP contribution in [0.15, 0.2) is 54.2 Å². The average molecular weight is 402 g/mol. The zero-order chi connectivity index (χ0) is 20.1. The summed E-state index contributed by atoms with van der Waals surface area (Å²) in [7, 11) is -3.72. The van der Waals surface area contributed by atoms with Gasteiger partial charge in [-0.3, -0.25) is 9.78 Å². The van der Waals surface area contributed by atoms with Crippen molar-refractivity contribution in [3.05, 3.63) is 55.0 Å². The first-order valence-electron chi connectivity index (χ1n) is 8.88. The molecule has 1 aliphatic rings. The topological polar surface area (TPSA) is 101 Å². The van der Waals surface area contributed by atoms with Gasteiger partial charge in [-0.15, -0.1) is 0 Å². The lowest BCUT2D eigenvalue weighted by Crippen LogP contribution is -2.49. The van der Waals surface area contributed by atoms with Gasteiger partial charge in [-0.1, -0.05) is 12.6 Å².